The summed E-state index contributed by atoms with van der Waals surface area (Å²) >= 11 is 0. The molecule has 5 nitrogen and oxygen atoms in total. The van der Waals surface area contributed by atoms with E-state index >= 15 is 0 Å². The van der Waals surface area contributed by atoms with Crippen molar-refractivity contribution in [3.8, 4) is 0 Å². The molecule has 1 fully saturated rings. The number of likely N-dealkylation sites (tertiary alicyclic amines) is 1. The molecule has 2 aliphatic rings. The Bertz CT molecular complexity index is 621. The monoisotopic (exact) mass is 315 g/mol. The number of benzene rings is 1. The Morgan fingerprint density at radius 3 is 2.78 bits per heavy atom. The summed E-state index contributed by atoms with van der Waals surface area (Å²) < 4.78 is 5.50. The molecule has 1 N–H and O–H groups in total. The van der Waals surface area contributed by atoms with Crippen molar-refractivity contribution in [3.63, 3.8) is 0 Å². The summed E-state index contributed by atoms with van der Waals surface area (Å²) in [6.07, 6.45) is 2.37. The summed E-state index contributed by atoms with van der Waals surface area (Å²) in [6, 6.07) is 8.34. The van der Waals surface area contributed by atoms with Crippen LogP contribution >= 0.6 is 0 Å². The van der Waals surface area contributed by atoms with Crippen LogP contribution in [0.4, 0.5) is 10.5 Å². The highest BCUT2D eigenvalue weighted by Crippen LogP contribution is 2.33. The van der Waals surface area contributed by atoms with Crippen molar-refractivity contribution in [1.82, 2.24) is 4.90 Å². The third-order valence-electron chi connectivity index (χ3n) is 4.31. The second-order valence-corrected chi connectivity index (χ2v) is 7.34. The van der Waals surface area contributed by atoms with E-state index in [2.05, 4.69) is 17.0 Å². The van der Waals surface area contributed by atoms with Crippen LogP contribution in [0.3, 0.4) is 0 Å². The van der Waals surface area contributed by atoms with Gasteiger partial charge < -0.3 is 14.5 Å². The van der Waals surface area contributed by atoms with E-state index in [1.54, 1.807) is 4.90 Å². The standard InChI is InChI=1S/C18H25N3O2/c1-18(2,3)23-17(22)20-10-6-8-14(12-20)21-15-9-5-4-7-13(15)11-16(21)19/h4-5,7,9,14,19H,6,8,10-12H2,1-3H3. The molecule has 1 saturated heterocycles. The highest BCUT2D eigenvalue weighted by Gasteiger charge is 2.35. The molecule has 3 rings (SSSR count). The van der Waals surface area contributed by atoms with E-state index in [1.807, 2.05) is 32.9 Å². The van der Waals surface area contributed by atoms with Gasteiger partial charge in [-0.15, -0.1) is 0 Å². The molecule has 0 radical (unpaired) electrons. The summed E-state index contributed by atoms with van der Waals surface area (Å²) in [5, 5.41) is 8.34. The Hall–Kier alpha value is -2.04. The minimum atomic E-state index is -0.475. The van der Waals surface area contributed by atoms with Gasteiger partial charge in [0.15, 0.2) is 0 Å². The Morgan fingerprint density at radius 2 is 2.04 bits per heavy atom. The largest absolute Gasteiger partial charge is 0.444 e. The number of anilines is 1. The molecule has 1 aromatic rings. The fourth-order valence-corrected chi connectivity index (χ4v) is 3.38. The molecule has 0 saturated carbocycles. The Labute approximate surface area is 137 Å². The fraction of sp³-hybridized carbons (Fsp3) is 0.556. The molecule has 1 aromatic carbocycles. The van der Waals surface area contributed by atoms with E-state index in [4.69, 9.17) is 10.1 Å². The minimum Gasteiger partial charge on any atom is -0.444 e. The zero-order valence-corrected chi connectivity index (χ0v) is 14.1. The zero-order valence-electron chi connectivity index (χ0n) is 14.1. The second-order valence-electron chi connectivity index (χ2n) is 7.34. The van der Waals surface area contributed by atoms with Gasteiger partial charge in [-0.25, -0.2) is 4.79 Å². The number of nitrogens with one attached hydrogen (secondary N) is 1. The van der Waals surface area contributed by atoms with Gasteiger partial charge >= 0.3 is 6.09 Å². The van der Waals surface area contributed by atoms with Gasteiger partial charge in [-0.3, -0.25) is 5.41 Å². The van der Waals surface area contributed by atoms with Crippen LogP contribution in [-0.2, 0) is 11.2 Å². The molecule has 23 heavy (non-hydrogen) atoms. The molecular formula is C18H25N3O2. The average Bonchev–Trinajstić information content (AvgIpc) is 2.81. The van der Waals surface area contributed by atoms with Gasteiger partial charge in [0.25, 0.3) is 0 Å². The number of hydrogen-bond donors (Lipinski definition) is 1. The number of fused-ring (bicyclic) bond motifs is 1. The van der Waals surface area contributed by atoms with Gasteiger partial charge in [0.2, 0.25) is 0 Å². The highest BCUT2D eigenvalue weighted by molar-refractivity contribution is 6.03. The molecule has 1 unspecified atom stereocenters. The van der Waals surface area contributed by atoms with Gasteiger partial charge in [0.05, 0.1) is 6.04 Å². The molecule has 2 aliphatic heterocycles. The molecule has 5 heteroatoms. The van der Waals surface area contributed by atoms with E-state index in [0.717, 1.165) is 25.1 Å². The number of hydrogen-bond acceptors (Lipinski definition) is 3. The van der Waals surface area contributed by atoms with Crippen molar-refractivity contribution in [2.75, 3.05) is 18.0 Å². The molecule has 0 bridgehead atoms. The molecule has 0 aromatic heterocycles. The maximum atomic E-state index is 12.3. The first-order valence-corrected chi connectivity index (χ1v) is 8.27. The van der Waals surface area contributed by atoms with E-state index in [9.17, 15) is 4.79 Å². The summed E-state index contributed by atoms with van der Waals surface area (Å²) in [6.45, 7) is 7.01. The van der Waals surface area contributed by atoms with Gasteiger partial charge in [0, 0.05) is 25.2 Å². The lowest BCUT2D eigenvalue weighted by Gasteiger charge is -2.39. The van der Waals surface area contributed by atoms with Crippen molar-refractivity contribution in [3.05, 3.63) is 29.8 Å². The first-order valence-electron chi connectivity index (χ1n) is 8.27. The molecular weight excluding hydrogens is 290 g/mol. The first kappa shape index (κ1) is 15.8. The normalized spacial score (nSPS) is 21.3. The lowest BCUT2D eigenvalue weighted by atomic mass is 10.0. The first-order chi connectivity index (χ1) is 10.8. The number of carbonyl (C=O) groups excluding carboxylic acids is 1. The van der Waals surface area contributed by atoms with Crippen LogP contribution in [0.2, 0.25) is 0 Å². The number of nitrogens with zero attached hydrogens (tertiary/aromatic N) is 2. The predicted octanol–water partition coefficient (Wildman–Crippen LogP) is 3.43. The lowest BCUT2D eigenvalue weighted by molar-refractivity contribution is 0.0201. The third kappa shape index (κ3) is 3.33. The van der Waals surface area contributed by atoms with E-state index in [1.165, 1.54) is 5.56 Å². The van der Waals surface area contributed by atoms with Crippen molar-refractivity contribution in [1.29, 1.82) is 5.41 Å². The number of amides is 1. The van der Waals surface area contributed by atoms with Crippen LogP contribution in [0.25, 0.3) is 0 Å². The van der Waals surface area contributed by atoms with Gasteiger partial charge in [-0.2, -0.15) is 0 Å². The molecule has 1 atom stereocenters. The Kier molecular flexibility index (Phi) is 4.04. The van der Waals surface area contributed by atoms with Crippen molar-refractivity contribution in [2.45, 2.75) is 51.7 Å². The number of carbonyl (C=O) groups is 1. The second kappa shape index (κ2) is 5.87. The van der Waals surface area contributed by atoms with Crippen LogP contribution in [-0.4, -0.2) is 41.6 Å². The zero-order chi connectivity index (χ0) is 16.6. The minimum absolute atomic E-state index is 0.160. The summed E-state index contributed by atoms with van der Waals surface area (Å²) in [5.74, 6) is 0.627. The van der Waals surface area contributed by atoms with Crippen molar-refractivity contribution in [2.24, 2.45) is 0 Å². The molecule has 2 heterocycles. The SMILES string of the molecule is CC(C)(C)OC(=O)N1CCCC(N2C(=N)Cc3ccccc32)C1. The smallest absolute Gasteiger partial charge is 0.410 e. The summed E-state index contributed by atoms with van der Waals surface area (Å²) in [5.41, 5.74) is 1.84. The van der Waals surface area contributed by atoms with Gasteiger partial charge in [-0.05, 0) is 45.2 Å². The Balaban J connectivity index is 1.74. The van der Waals surface area contributed by atoms with Crippen LogP contribution in [0.1, 0.15) is 39.2 Å². The maximum absolute atomic E-state index is 12.3. The maximum Gasteiger partial charge on any atom is 0.410 e. The van der Waals surface area contributed by atoms with Gasteiger partial charge in [-0.1, -0.05) is 18.2 Å². The van der Waals surface area contributed by atoms with Crippen LogP contribution in [0.15, 0.2) is 24.3 Å². The fourth-order valence-electron chi connectivity index (χ4n) is 3.38. The molecule has 0 spiro atoms. The number of para-hydroxylation sites is 1. The molecule has 1 amide bonds. The van der Waals surface area contributed by atoms with Crippen LogP contribution in [0.5, 0.6) is 0 Å². The van der Waals surface area contributed by atoms with Gasteiger partial charge in [0.1, 0.15) is 11.4 Å². The predicted molar refractivity (Wildman–Crippen MR) is 91.2 cm³/mol. The summed E-state index contributed by atoms with van der Waals surface area (Å²) in [4.78, 5) is 16.2. The number of piperidine rings is 1. The lowest BCUT2D eigenvalue weighted by Crippen LogP contribution is -2.51. The highest BCUT2D eigenvalue weighted by atomic mass is 16.6. The summed E-state index contributed by atoms with van der Waals surface area (Å²) in [7, 11) is 0. The quantitative estimate of drug-likeness (QED) is 0.864. The van der Waals surface area contributed by atoms with Crippen molar-refractivity contribution < 1.29 is 9.53 Å². The number of amidine groups is 1. The van der Waals surface area contributed by atoms with Crippen LogP contribution in [0, 0.1) is 5.41 Å². The molecule has 124 valence electrons. The topological polar surface area (TPSA) is 56.6 Å². The van der Waals surface area contributed by atoms with Crippen LogP contribution < -0.4 is 4.90 Å². The van der Waals surface area contributed by atoms with Crippen molar-refractivity contribution >= 4 is 17.6 Å². The van der Waals surface area contributed by atoms with E-state index < -0.39 is 5.60 Å². The average molecular weight is 315 g/mol. The van der Waals surface area contributed by atoms with E-state index in [0.29, 0.717) is 18.8 Å². The molecule has 0 aliphatic carbocycles. The van der Waals surface area contributed by atoms with E-state index in [-0.39, 0.29) is 12.1 Å². The number of rotatable bonds is 1. The third-order valence-corrected chi connectivity index (χ3v) is 4.31. The number of ether oxygens (including phenoxy) is 1. The Morgan fingerprint density at radius 1 is 1.30 bits per heavy atom.